The van der Waals surface area contributed by atoms with Gasteiger partial charge in [-0.3, -0.25) is 4.79 Å². The van der Waals surface area contributed by atoms with E-state index < -0.39 is 0 Å². The molecule has 0 radical (unpaired) electrons. The second-order valence-electron chi connectivity index (χ2n) is 4.41. The molecule has 0 fully saturated rings. The fourth-order valence-corrected chi connectivity index (χ4v) is 1.81. The number of hydrogen-bond acceptors (Lipinski definition) is 4. The lowest BCUT2D eigenvalue weighted by molar-refractivity contribution is 0.0738. The van der Waals surface area contributed by atoms with Crippen molar-refractivity contribution in [1.82, 2.24) is 4.90 Å². The van der Waals surface area contributed by atoms with Gasteiger partial charge in [0.15, 0.2) is 11.5 Å². The van der Waals surface area contributed by atoms with Crippen LogP contribution >= 0.6 is 0 Å². The Balaban J connectivity index is 2.93. The first-order chi connectivity index (χ1) is 9.04. The van der Waals surface area contributed by atoms with Gasteiger partial charge in [0.05, 0.1) is 14.2 Å². The van der Waals surface area contributed by atoms with Crippen molar-refractivity contribution >= 4 is 5.91 Å². The van der Waals surface area contributed by atoms with Gasteiger partial charge in [0.2, 0.25) is 0 Å². The van der Waals surface area contributed by atoms with Crippen LogP contribution in [0.1, 0.15) is 23.7 Å². The predicted molar refractivity (Wildman–Crippen MR) is 74.8 cm³/mol. The van der Waals surface area contributed by atoms with Crippen molar-refractivity contribution in [2.45, 2.75) is 19.4 Å². The topological polar surface area (TPSA) is 64.8 Å². The van der Waals surface area contributed by atoms with Gasteiger partial charge in [-0.1, -0.05) is 0 Å². The minimum Gasteiger partial charge on any atom is -0.493 e. The van der Waals surface area contributed by atoms with Crippen LogP contribution in [0.15, 0.2) is 18.2 Å². The molecule has 0 aliphatic rings. The first kappa shape index (κ1) is 15.3. The van der Waals surface area contributed by atoms with Crippen LogP contribution in [0, 0.1) is 0 Å². The van der Waals surface area contributed by atoms with Crippen molar-refractivity contribution in [2.75, 3.05) is 27.8 Å². The molecule has 0 heterocycles. The maximum Gasteiger partial charge on any atom is 0.253 e. The minimum atomic E-state index is -0.0538. The number of methoxy groups -OCH3 is 2. The zero-order valence-corrected chi connectivity index (χ0v) is 12.0. The molecule has 0 saturated carbocycles. The maximum atomic E-state index is 12.3. The summed E-state index contributed by atoms with van der Waals surface area (Å²) >= 11 is 0. The molecule has 1 rings (SSSR count). The van der Waals surface area contributed by atoms with E-state index in [1.165, 1.54) is 0 Å². The third kappa shape index (κ3) is 3.61. The van der Waals surface area contributed by atoms with E-state index in [4.69, 9.17) is 15.2 Å². The van der Waals surface area contributed by atoms with Crippen molar-refractivity contribution in [2.24, 2.45) is 5.73 Å². The molecule has 0 bridgehead atoms. The average Bonchev–Trinajstić information content (AvgIpc) is 2.45. The minimum absolute atomic E-state index is 0.0538. The number of rotatable bonds is 6. The zero-order chi connectivity index (χ0) is 14.4. The van der Waals surface area contributed by atoms with Crippen LogP contribution < -0.4 is 15.2 Å². The third-order valence-electron chi connectivity index (χ3n) is 3.20. The Morgan fingerprint density at radius 1 is 1.32 bits per heavy atom. The van der Waals surface area contributed by atoms with Crippen LogP contribution in [0.5, 0.6) is 11.5 Å². The van der Waals surface area contributed by atoms with E-state index in [1.54, 1.807) is 44.4 Å². The molecule has 19 heavy (non-hydrogen) atoms. The first-order valence-corrected chi connectivity index (χ1v) is 6.24. The van der Waals surface area contributed by atoms with Crippen LogP contribution in [0.3, 0.4) is 0 Å². The molecule has 0 aromatic heterocycles. The average molecular weight is 266 g/mol. The molecule has 1 unspecified atom stereocenters. The Morgan fingerprint density at radius 2 is 1.95 bits per heavy atom. The van der Waals surface area contributed by atoms with E-state index in [1.807, 2.05) is 6.92 Å². The second-order valence-corrected chi connectivity index (χ2v) is 4.41. The van der Waals surface area contributed by atoms with Crippen molar-refractivity contribution < 1.29 is 14.3 Å². The Kier molecular flexibility index (Phi) is 5.63. The highest BCUT2D eigenvalue weighted by Crippen LogP contribution is 2.28. The maximum absolute atomic E-state index is 12.3. The lowest BCUT2D eigenvalue weighted by Crippen LogP contribution is -2.36. The molecule has 5 heteroatoms. The monoisotopic (exact) mass is 266 g/mol. The Morgan fingerprint density at radius 3 is 2.47 bits per heavy atom. The molecule has 1 aromatic carbocycles. The molecule has 0 spiro atoms. The van der Waals surface area contributed by atoms with E-state index in [9.17, 15) is 4.79 Å². The van der Waals surface area contributed by atoms with E-state index in [-0.39, 0.29) is 11.9 Å². The Bertz CT molecular complexity index is 435. The van der Waals surface area contributed by atoms with Crippen molar-refractivity contribution in [1.29, 1.82) is 0 Å². The van der Waals surface area contributed by atoms with Gasteiger partial charge >= 0.3 is 0 Å². The van der Waals surface area contributed by atoms with Crippen LogP contribution in [0.2, 0.25) is 0 Å². The molecular weight excluding hydrogens is 244 g/mol. The van der Waals surface area contributed by atoms with Gasteiger partial charge in [-0.15, -0.1) is 0 Å². The summed E-state index contributed by atoms with van der Waals surface area (Å²) in [6.07, 6.45) is 0.773. The number of carbonyl (C=O) groups excluding carboxylic acids is 1. The predicted octanol–water partition coefficient (Wildman–Crippen LogP) is 1.51. The third-order valence-corrected chi connectivity index (χ3v) is 3.20. The number of ether oxygens (including phenoxy) is 2. The summed E-state index contributed by atoms with van der Waals surface area (Å²) in [4.78, 5) is 14.0. The summed E-state index contributed by atoms with van der Waals surface area (Å²) in [7, 11) is 4.89. The summed E-state index contributed by atoms with van der Waals surface area (Å²) in [5.74, 6) is 1.10. The number of benzene rings is 1. The van der Waals surface area contributed by atoms with E-state index >= 15 is 0 Å². The van der Waals surface area contributed by atoms with Crippen LogP contribution in [-0.4, -0.2) is 44.7 Å². The van der Waals surface area contributed by atoms with E-state index in [2.05, 4.69) is 0 Å². The van der Waals surface area contributed by atoms with Gasteiger partial charge in [-0.05, 0) is 38.1 Å². The molecule has 1 atom stereocenters. The fourth-order valence-electron chi connectivity index (χ4n) is 1.81. The zero-order valence-electron chi connectivity index (χ0n) is 12.0. The summed E-state index contributed by atoms with van der Waals surface area (Å²) < 4.78 is 10.4. The SMILES string of the molecule is COc1ccc(C(=O)N(C)C(C)CCN)cc1OC. The highest BCUT2D eigenvalue weighted by molar-refractivity contribution is 5.95. The summed E-state index contributed by atoms with van der Waals surface area (Å²) in [5, 5.41) is 0. The summed E-state index contributed by atoms with van der Waals surface area (Å²) in [6.45, 7) is 2.54. The van der Waals surface area contributed by atoms with Crippen molar-refractivity contribution in [3.05, 3.63) is 23.8 Å². The number of nitrogens with zero attached hydrogens (tertiary/aromatic N) is 1. The molecule has 0 aliphatic carbocycles. The summed E-state index contributed by atoms with van der Waals surface area (Å²) in [6, 6.07) is 5.25. The molecule has 5 nitrogen and oxygen atoms in total. The van der Waals surface area contributed by atoms with Crippen molar-refractivity contribution in [3.63, 3.8) is 0 Å². The highest BCUT2D eigenvalue weighted by atomic mass is 16.5. The molecule has 1 aromatic rings. The van der Waals surface area contributed by atoms with E-state index in [0.29, 0.717) is 23.6 Å². The van der Waals surface area contributed by atoms with Gasteiger partial charge in [-0.25, -0.2) is 0 Å². The standard InChI is InChI=1S/C14H22N2O3/c1-10(7-8-15)16(2)14(17)11-5-6-12(18-3)13(9-11)19-4/h5-6,9-10H,7-8,15H2,1-4H3. The molecule has 106 valence electrons. The Labute approximate surface area is 114 Å². The fraction of sp³-hybridized carbons (Fsp3) is 0.500. The Hall–Kier alpha value is -1.75. The lowest BCUT2D eigenvalue weighted by atomic mass is 10.1. The molecular formula is C14H22N2O3. The number of carbonyl (C=O) groups is 1. The quantitative estimate of drug-likeness (QED) is 0.847. The van der Waals surface area contributed by atoms with Gasteiger partial charge < -0.3 is 20.1 Å². The van der Waals surface area contributed by atoms with Crippen molar-refractivity contribution in [3.8, 4) is 11.5 Å². The number of nitrogens with two attached hydrogens (primary N) is 1. The van der Waals surface area contributed by atoms with Gasteiger partial charge in [0, 0.05) is 18.7 Å². The largest absolute Gasteiger partial charge is 0.493 e. The van der Waals surface area contributed by atoms with Gasteiger partial charge in [0.25, 0.3) is 5.91 Å². The smallest absolute Gasteiger partial charge is 0.253 e. The lowest BCUT2D eigenvalue weighted by Gasteiger charge is -2.25. The van der Waals surface area contributed by atoms with Crippen LogP contribution in [0.4, 0.5) is 0 Å². The van der Waals surface area contributed by atoms with Gasteiger partial charge in [-0.2, -0.15) is 0 Å². The molecule has 1 amide bonds. The first-order valence-electron chi connectivity index (χ1n) is 6.24. The molecule has 0 saturated heterocycles. The molecule has 0 aliphatic heterocycles. The summed E-state index contributed by atoms with van der Waals surface area (Å²) in [5.41, 5.74) is 6.09. The second kappa shape index (κ2) is 6.99. The van der Waals surface area contributed by atoms with Gasteiger partial charge in [0.1, 0.15) is 0 Å². The van der Waals surface area contributed by atoms with Crippen LogP contribution in [-0.2, 0) is 0 Å². The highest BCUT2D eigenvalue weighted by Gasteiger charge is 2.18. The number of hydrogen-bond donors (Lipinski definition) is 1. The number of amides is 1. The molecule has 2 N–H and O–H groups in total. The van der Waals surface area contributed by atoms with E-state index in [0.717, 1.165) is 6.42 Å². The normalized spacial score (nSPS) is 11.8. The van der Waals surface area contributed by atoms with Crippen LogP contribution in [0.25, 0.3) is 0 Å².